The normalized spacial score (nSPS) is 10.2. The number of halogens is 1. The number of hydrogen-bond acceptors (Lipinski definition) is 7. The molecule has 1 heterocycles. The molecule has 2 aromatic rings. The first-order valence-corrected chi connectivity index (χ1v) is 6.75. The maximum absolute atomic E-state index is 6.06. The lowest BCUT2D eigenvalue weighted by Crippen LogP contribution is -2.07. The van der Waals surface area contributed by atoms with Crippen LogP contribution in [-0.2, 0) is 0 Å². The molecule has 0 fully saturated rings. The number of nitrogens with one attached hydrogen (secondary N) is 1. The van der Waals surface area contributed by atoms with Crippen LogP contribution >= 0.6 is 11.6 Å². The van der Waals surface area contributed by atoms with Crippen molar-refractivity contribution in [3.8, 4) is 11.8 Å². The summed E-state index contributed by atoms with van der Waals surface area (Å²) < 4.78 is 10.4. The number of hydrogen-bond donors (Lipinski definition) is 2. The van der Waals surface area contributed by atoms with Crippen LogP contribution in [0.4, 0.5) is 17.6 Å². The van der Waals surface area contributed by atoms with Crippen molar-refractivity contribution in [2.24, 2.45) is 0 Å². The predicted molar refractivity (Wildman–Crippen MR) is 81.3 cm³/mol. The van der Waals surface area contributed by atoms with Gasteiger partial charge >= 0.3 is 6.01 Å². The lowest BCUT2D eigenvalue weighted by Gasteiger charge is -2.09. The van der Waals surface area contributed by atoms with Crippen LogP contribution in [0.15, 0.2) is 18.2 Å². The molecular formula is C13H16ClN5O2. The van der Waals surface area contributed by atoms with Gasteiger partial charge in [-0.2, -0.15) is 15.0 Å². The average Bonchev–Trinajstić information content (AvgIpc) is 2.45. The van der Waals surface area contributed by atoms with Crippen molar-refractivity contribution in [2.45, 2.75) is 13.3 Å². The van der Waals surface area contributed by atoms with Gasteiger partial charge in [0.05, 0.1) is 18.7 Å². The van der Waals surface area contributed by atoms with Gasteiger partial charge in [0, 0.05) is 5.69 Å². The molecule has 0 radical (unpaired) electrons. The fourth-order valence-corrected chi connectivity index (χ4v) is 1.82. The van der Waals surface area contributed by atoms with E-state index in [4.69, 9.17) is 26.8 Å². The number of ether oxygens (including phenoxy) is 2. The van der Waals surface area contributed by atoms with Crippen LogP contribution < -0.4 is 20.5 Å². The third-order valence-electron chi connectivity index (χ3n) is 2.48. The number of nitrogens with two attached hydrogens (primary N) is 1. The Bertz CT molecular complexity index is 624. The molecule has 0 atom stereocenters. The van der Waals surface area contributed by atoms with Gasteiger partial charge in [0.15, 0.2) is 0 Å². The fourth-order valence-electron chi connectivity index (χ4n) is 1.56. The van der Waals surface area contributed by atoms with E-state index in [1.165, 1.54) is 0 Å². The Morgan fingerprint density at radius 3 is 2.76 bits per heavy atom. The lowest BCUT2D eigenvalue weighted by atomic mass is 10.3. The molecular weight excluding hydrogens is 294 g/mol. The van der Waals surface area contributed by atoms with Gasteiger partial charge in [-0.25, -0.2) is 0 Å². The second kappa shape index (κ2) is 6.94. The Hall–Kier alpha value is -2.28. The van der Waals surface area contributed by atoms with Crippen LogP contribution in [0.3, 0.4) is 0 Å². The number of methoxy groups -OCH3 is 1. The first-order chi connectivity index (χ1) is 10.1. The summed E-state index contributed by atoms with van der Waals surface area (Å²) in [6.45, 7) is 2.50. The van der Waals surface area contributed by atoms with Gasteiger partial charge < -0.3 is 20.5 Å². The molecule has 21 heavy (non-hydrogen) atoms. The molecule has 1 aromatic heterocycles. The van der Waals surface area contributed by atoms with E-state index >= 15 is 0 Å². The highest BCUT2D eigenvalue weighted by Crippen LogP contribution is 2.28. The molecule has 3 N–H and O–H groups in total. The smallest absolute Gasteiger partial charge is 0.323 e. The second-order valence-electron chi connectivity index (χ2n) is 4.12. The summed E-state index contributed by atoms with van der Waals surface area (Å²) in [4.78, 5) is 12.0. The Balaban J connectivity index is 2.18. The first kappa shape index (κ1) is 15.1. The van der Waals surface area contributed by atoms with Crippen LogP contribution in [0.25, 0.3) is 0 Å². The number of anilines is 3. The number of benzene rings is 1. The molecule has 8 heteroatoms. The first-order valence-electron chi connectivity index (χ1n) is 6.37. The van der Waals surface area contributed by atoms with E-state index in [1.807, 2.05) is 6.92 Å². The van der Waals surface area contributed by atoms with Crippen LogP contribution in [0.1, 0.15) is 13.3 Å². The van der Waals surface area contributed by atoms with E-state index in [2.05, 4.69) is 20.3 Å². The van der Waals surface area contributed by atoms with Crippen molar-refractivity contribution in [1.29, 1.82) is 0 Å². The highest BCUT2D eigenvalue weighted by molar-refractivity contribution is 6.32. The minimum atomic E-state index is 0.0817. The van der Waals surface area contributed by atoms with Gasteiger partial charge in [-0.15, -0.1) is 0 Å². The van der Waals surface area contributed by atoms with Crippen LogP contribution in [0.5, 0.6) is 11.8 Å². The molecule has 0 aliphatic carbocycles. The highest BCUT2D eigenvalue weighted by Gasteiger charge is 2.07. The molecule has 1 aromatic carbocycles. The summed E-state index contributed by atoms with van der Waals surface area (Å²) in [5, 5.41) is 3.47. The molecule has 2 rings (SSSR count). The maximum Gasteiger partial charge on any atom is 0.323 e. The van der Waals surface area contributed by atoms with Gasteiger partial charge in [0.1, 0.15) is 5.75 Å². The van der Waals surface area contributed by atoms with Crippen molar-refractivity contribution in [1.82, 2.24) is 15.0 Å². The topological polar surface area (TPSA) is 95.2 Å². The molecule has 0 amide bonds. The van der Waals surface area contributed by atoms with Crippen LogP contribution in [0, 0.1) is 0 Å². The zero-order valence-corrected chi connectivity index (χ0v) is 12.5. The largest absolute Gasteiger partial charge is 0.495 e. The van der Waals surface area contributed by atoms with Crippen molar-refractivity contribution in [2.75, 3.05) is 24.8 Å². The molecule has 0 unspecified atom stereocenters. The Kier molecular flexibility index (Phi) is 4.99. The average molecular weight is 310 g/mol. The summed E-state index contributed by atoms with van der Waals surface area (Å²) in [5.74, 6) is 0.956. The summed E-state index contributed by atoms with van der Waals surface area (Å²) >= 11 is 6.06. The third kappa shape index (κ3) is 4.09. The molecule has 0 spiro atoms. The molecule has 7 nitrogen and oxygen atoms in total. The van der Waals surface area contributed by atoms with E-state index in [0.717, 1.165) is 6.42 Å². The summed E-state index contributed by atoms with van der Waals surface area (Å²) in [6.07, 6.45) is 0.850. The number of nitrogen functional groups attached to an aromatic ring is 1. The third-order valence-corrected chi connectivity index (χ3v) is 2.77. The summed E-state index contributed by atoms with van der Waals surface area (Å²) in [6, 6.07) is 5.42. The monoisotopic (exact) mass is 309 g/mol. The van der Waals surface area contributed by atoms with E-state index in [0.29, 0.717) is 23.1 Å². The van der Waals surface area contributed by atoms with Gasteiger partial charge in [0.2, 0.25) is 11.9 Å². The van der Waals surface area contributed by atoms with E-state index in [1.54, 1.807) is 25.3 Å². The molecule has 0 aliphatic rings. The number of aromatic nitrogens is 3. The van der Waals surface area contributed by atoms with E-state index in [9.17, 15) is 0 Å². The van der Waals surface area contributed by atoms with Gasteiger partial charge in [-0.05, 0) is 24.6 Å². The molecule has 0 saturated heterocycles. The predicted octanol–water partition coefficient (Wildman–Crippen LogP) is 2.65. The fraction of sp³-hybridized carbons (Fsp3) is 0.308. The van der Waals surface area contributed by atoms with Crippen LogP contribution in [-0.4, -0.2) is 28.7 Å². The Morgan fingerprint density at radius 2 is 2.10 bits per heavy atom. The quantitative estimate of drug-likeness (QED) is 0.846. The molecule has 0 aliphatic heterocycles. The van der Waals surface area contributed by atoms with Crippen LogP contribution in [0.2, 0.25) is 5.02 Å². The maximum atomic E-state index is 6.06. The van der Waals surface area contributed by atoms with E-state index < -0.39 is 0 Å². The van der Waals surface area contributed by atoms with Gasteiger partial charge in [-0.1, -0.05) is 18.5 Å². The zero-order chi connectivity index (χ0) is 15.2. The standard InChI is InChI=1S/C13H16ClN5O2/c1-3-6-21-13-18-11(15)17-12(19-13)16-8-4-5-10(20-2)9(14)7-8/h4-5,7H,3,6H2,1-2H3,(H3,15,16,17,18,19). The van der Waals surface area contributed by atoms with E-state index in [-0.39, 0.29) is 17.9 Å². The lowest BCUT2D eigenvalue weighted by molar-refractivity contribution is 0.292. The number of nitrogens with zero attached hydrogens (tertiary/aromatic N) is 3. The van der Waals surface area contributed by atoms with Crippen molar-refractivity contribution in [3.63, 3.8) is 0 Å². The molecule has 112 valence electrons. The Labute approximate surface area is 127 Å². The minimum absolute atomic E-state index is 0.0817. The molecule has 0 saturated carbocycles. The van der Waals surface area contributed by atoms with Gasteiger partial charge in [-0.3, -0.25) is 0 Å². The zero-order valence-electron chi connectivity index (χ0n) is 11.8. The van der Waals surface area contributed by atoms with Gasteiger partial charge in [0.25, 0.3) is 0 Å². The van der Waals surface area contributed by atoms with Crippen molar-refractivity contribution in [3.05, 3.63) is 23.2 Å². The van der Waals surface area contributed by atoms with Crippen molar-refractivity contribution < 1.29 is 9.47 Å². The number of rotatable bonds is 6. The summed E-state index contributed by atoms with van der Waals surface area (Å²) in [7, 11) is 1.55. The second-order valence-corrected chi connectivity index (χ2v) is 4.53. The molecule has 0 bridgehead atoms. The Morgan fingerprint density at radius 1 is 1.29 bits per heavy atom. The summed E-state index contributed by atoms with van der Waals surface area (Å²) in [5.41, 5.74) is 6.33. The SMILES string of the molecule is CCCOc1nc(N)nc(Nc2ccc(OC)c(Cl)c2)n1. The highest BCUT2D eigenvalue weighted by atomic mass is 35.5. The minimum Gasteiger partial charge on any atom is -0.495 e. The van der Waals surface area contributed by atoms with Crippen molar-refractivity contribution >= 4 is 29.2 Å².